The summed E-state index contributed by atoms with van der Waals surface area (Å²) in [7, 11) is 0. The number of pyridine rings is 1. The molecule has 0 amide bonds. The minimum absolute atomic E-state index is 0.0466. The van der Waals surface area contributed by atoms with Gasteiger partial charge in [0.2, 0.25) is 5.75 Å². The maximum absolute atomic E-state index is 11.3. The molecule has 2 rings (SSSR count). The van der Waals surface area contributed by atoms with Crippen molar-refractivity contribution in [2.75, 3.05) is 18.6 Å². The molecule has 142 valence electrons. The van der Waals surface area contributed by atoms with Crippen molar-refractivity contribution in [1.29, 1.82) is 0 Å². The van der Waals surface area contributed by atoms with E-state index < -0.39 is 10.9 Å². The molecule has 0 aliphatic rings. The first kappa shape index (κ1) is 19.6. The van der Waals surface area contributed by atoms with E-state index in [0.717, 1.165) is 0 Å². The van der Waals surface area contributed by atoms with Crippen LogP contribution in [0.2, 0.25) is 0 Å². The predicted molar refractivity (Wildman–Crippen MR) is 97.8 cm³/mol. The number of hydrazone groups is 1. The molecule has 0 atom stereocenters. The Morgan fingerprint density at radius 3 is 2.56 bits per heavy atom. The predicted octanol–water partition coefficient (Wildman–Crippen LogP) is 2.93. The van der Waals surface area contributed by atoms with E-state index in [0.29, 0.717) is 23.7 Å². The number of carboxylic acid groups (broad SMARTS) is 1. The Labute approximate surface area is 154 Å². The molecule has 0 bridgehead atoms. The van der Waals surface area contributed by atoms with Gasteiger partial charge in [-0.15, -0.1) is 0 Å². The average Bonchev–Trinajstić information content (AvgIpc) is 2.64. The maximum atomic E-state index is 11.3. The van der Waals surface area contributed by atoms with Crippen LogP contribution in [0.5, 0.6) is 11.5 Å². The summed E-state index contributed by atoms with van der Waals surface area (Å²) in [5, 5.41) is 24.1. The Morgan fingerprint density at radius 1 is 1.30 bits per heavy atom. The minimum atomic E-state index is -1.08. The molecule has 0 fully saturated rings. The Hall–Kier alpha value is -3.69. The summed E-state index contributed by atoms with van der Waals surface area (Å²) >= 11 is 0. The maximum Gasteiger partial charge on any atom is 0.337 e. The van der Waals surface area contributed by atoms with Gasteiger partial charge in [0.15, 0.2) is 0 Å². The van der Waals surface area contributed by atoms with Gasteiger partial charge in [-0.1, -0.05) is 0 Å². The fraction of sp³-hybridized carbons (Fsp3) is 0.235. The van der Waals surface area contributed by atoms with Crippen molar-refractivity contribution in [3.8, 4) is 11.5 Å². The number of nitro groups is 1. The van der Waals surface area contributed by atoms with E-state index in [1.807, 2.05) is 0 Å². The number of nitrogens with one attached hydrogen (secondary N) is 1. The van der Waals surface area contributed by atoms with Gasteiger partial charge in [0.05, 0.1) is 29.9 Å². The first-order chi connectivity index (χ1) is 13.0. The van der Waals surface area contributed by atoms with Gasteiger partial charge in [0, 0.05) is 23.9 Å². The van der Waals surface area contributed by atoms with Crippen LogP contribution in [-0.2, 0) is 0 Å². The van der Waals surface area contributed by atoms with Crippen molar-refractivity contribution >= 4 is 23.7 Å². The fourth-order valence-electron chi connectivity index (χ4n) is 2.12. The highest BCUT2D eigenvalue weighted by Crippen LogP contribution is 2.34. The molecule has 0 spiro atoms. The number of nitrogens with zero attached hydrogens (tertiary/aromatic N) is 3. The highest BCUT2D eigenvalue weighted by molar-refractivity contribution is 5.87. The molecule has 10 heteroatoms. The Balaban J connectivity index is 2.26. The number of anilines is 1. The number of carbonyl (C=O) groups is 1. The van der Waals surface area contributed by atoms with Crippen LogP contribution >= 0.6 is 0 Å². The lowest BCUT2D eigenvalue weighted by Gasteiger charge is -2.10. The molecule has 0 aliphatic heterocycles. The van der Waals surface area contributed by atoms with Gasteiger partial charge in [0.1, 0.15) is 11.6 Å². The smallest absolute Gasteiger partial charge is 0.337 e. The van der Waals surface area contributed by atoms with E-state index in [9.17, 15) is 14.9 Å². The molecular weight excluding hydrogens is 356 g/mol. The molecule has 2 aromatic rings. The third-order valence-electron chi connectivity index (χ3n) is 3.28. The van der Waals surface area contributed by atoms with E-state index in [4.69, 9.17) is 14.6 Å². The zero-order chi connectivity index (χ0) is 19.8. The van der Waals surface area contributed by atoms with Crippen molar-refractivity contribution in [1.82, 2.24) is 4.98 Å². The molecule has 0 saturated heterocycles. The van der Waals surface area contributed by atoms with E-state index >= 15 is 0 Å². The lowest BCUT2D eigenvalue weighted by atomic mass is 10.1. The standard InChI is InChI=1S/C17H18N4O6/c1-3-26-14-8-15(27-4-2)13(21(24)25)7-12(14)10-19-20-16-6-5-11(9-18-16)17(22)23/h5-10H,3-4H2,1-2H3,(H,18,20)(H,22,23)/b19-10+. The van der Waals surface area contributed by atoms with E-state index in [1.54, 1.807) is 13.8 Å². The summed E-state index contributed by atoms with van der Waals surface area (Å²) in [4.78, 5) is 25.4. The normalized spacial score (nSPS) is 10.6. The molecule has 0 saturated carbocycles. The van der Waals surface area contributed by atoms with Gasteiger partial charge in [-0.2, -0.15) is 5.10 Å². The number of carboxylic acids is 1. The highest BCUT2D eigenvalue weighted by atomic mass is 16.6. The van der Waals surface area contributed by atoms with Gasteiger partial charge in [0.25, 0.3) is 0 Å². The van der Waals surface area contributed by atoms with Crippen LogP contribution in [0.4, 0.5) is 11.5 Å². The zero-order valence-corrected chi connectivity index (χ0v) is 14.7. The first-order valence-electron chi connectivity index (χ1n) is 8.02. The van der Waals surface area contributed by atoms with Crippen molar-refractivity contribution < 1.29 is 24.3 Å². The minimum Gasteiger partial charge on any atom is -0.493 e. The summed E-state index contributed by atoms with van der Waals surface area (Å²) in [5.41, 5.74) is 2.85. The molecule has 0 unspecified atom stereocenters. The van der Waals surface area contributed by atoms with Crippen molar-refractivity contribution in [3.63, 3.8) is 0 Å². The largest absolute Gasteiger partial charge is 0.493 e. The second-order valence-corrected chi connectivity index (χ2v) is 5.09. The van der Waals surface area contributed by atoms with Crippen LogP contribution in [0.1, 0.15) is 29.8 Å². The van der Waals surface area contributed by atoms with Crippen LogP contribution in [0.3, 0.4) is 0 Å². The second-order valence-electron chi connectivity index (χ2n) is 5.09. The summed E-state index contributed by atoms with van der Waals surface area (Å²) in [6.07, 6.45) is 2.54. The fourth-order valence-corrected chi connectivity index (χ4v) is 2.12. The number of aromatic carboxylic acids is 1. The second kappa shape index (κ2) is 9.13. The number of rotatable bonds is 9. The monoisotopic (exact) mass is 374 g/mol. The molecule has 27 heavy (non-hydrogen) atoms. The first-order valence-corrected chi connectivity index (χ1v) is 8.02. The van der Waals surface area contributed by atoms with Crippen LogP contribution in [0, 0.1) is 10.1 Å². The van der Waals surface area contributed by atoms with Crippen LogP contribution in [0.25, 0.3) is 0 Å². The van der Waals surface area contributed by atoms with E-state index in [1.165, 1.54) is 36.7 Å². The van der Waals surface area contributed by atoms with E-state index in [-0.39, 0.29) is 23.6 Å². The molecule has 10 nitrogen and oxygen atoms in total. The topological polar surface area (TPSA) is 136 Å². The number of hydrogen-bond acceptors (Lipinski definition) is 8. The van der Waals surface area contributed by atoms with Gasteiger partial charge < -0.3 is 14.6 Å². The van der Waals surface area contributed by atoms with Crippen LogP contribution in [-0.4, -0.2) is 40.4 Å². The number of ether oxygens (including phenoxy) is 2. The quantitative estimate of drug-likeness (QED) is 0.388. The molecule has 0 radical (unpaired) electrons. The van der Waals surface area contributed by atoms with Crippen molar-refractivity contribution in [2.24, 2.45) is 5.10 Å². The lowest BCUT2D eigenvalue weighted by Crippen LogP contribution is -2.03. The zero-order valence-electron chi connectivity index (χ0n) is 14.7. The lowest BCUT2D eigenvalue weighted by molar-refractivity contribution is -0.385. The summed E-state index contributed by atoms with van der Waals surface area (Å²) < 4.78 is 10.8. The molecule has 0 aliphatic carbocycles. The van der Waals surface area contributed by atoms with E-state index in [2.05, 4.69) is 15.5 Å². The van der Waals surface area contributed by atoms with Gasteiger partial charge in [-0.25, -0.2) is 9.78 Å². The Kier molecular flexibility index (Phi) is 6.64. The van der Waals surface area contributed by atoms with Crippen molar-refractivity contribution in [3.05, 3.63) is 51.7 Å². The third-order valence-corrected chi connectivity index (χ3v) is 3.28. The number of nitro benzene ring substituents is 1. The third kappa shape index (κ3) is 5.14. The van der Waals surface area contributed by atoms with Crippen molar-refractivity contribution in [2.45, 2.75) is 13.8 Å². The summed E-state index contributed by atoms with van der Waals surface area (Å²) in [6.45, 7) is 4.15. The Morgan fingerprint density at radius 2 is 2.00 bits per heavy atom. The number of aromatic nitrogens is 1. The van der Waals surface area contributed by atoms with Crippen LogP contribution < -0.4 is 14.9 Å². The molecule has 1 aromatic carbocycles. The molecular formula is C17H18N4O6. The molecule has 1 aromatic heterocycles. The Bertz CT molecular complexity index is 851. The number of hydrogen-bond donors (Lipinski definition) is 2. The van der Waals surface area contributed by atoms with Gasteiger partial charge >= 0.3 is 11.7 Å². The summed E-state index contributed by atoms with van der Waals surface area (Å²) in [6, 6.07) is 5.58. The highest BCUT2D eigenvalue weighted by Gasteiger charge is 2.19. The van der Waals surface area contributed by atoms with Crippen LogP contribution in [0.15, 0.2) is 35.6 Å². The SMILES string of the molecule is CCOc1cc(OCC)c([N+](=O)[O-])cc1/C=N/Nc1ccc(C(=O)O)cn1. The molecule has 1 heterocycles. The molecule has 2 N–H and O–H groups in total. The van der Waals surface area contributed by atoms with Gasteiger partial charge in [-0.05, 0) is 26.0 Å². The average molecular weight is 374 g/mol. The summed E-state index contributed by atoms with van der Waals surface area (Å²) in [5.74, 6) is -0.275. The van der Waals surface area contributed by atoms with Gasteiger partial charge in [-0.3, -0.25) is 15.5 Å². The number of benzene rings is 1.